The van der Waals surface area contributed by atoms with Gasteiger partial charge in [-0.3, -0.25) is 0 Å². The van der Waals surface area contributed by atoms with E-state index in [1.54, 1.807) is 0 Å². The van der Waals surface area contributed by atoms with Gasteiger partial charge in [0.05, 0.1) is 6.10 Å². The Labute approximate surface area is 62.9 Å². The van der Waals surface area contributed by atoms with Gasteiger partial charge in [-0.2, -0.15) is 0 Å². The van der Waals surface area contributed by atoms with Crippen molar-refractivity contribution in [3.05, 3.63) is 9.66 Å². The zero-order valence-electron chi connectivity index (χ0n) is 4.60. The monoisotopic (exact) mass is 224 g/mol. The Morgan fingerprint density at radius 3 is 2.88 bits per heavy atom. The molecule has 1 unspecified atom stereocenters. The van der Waals surface area contributed by atoms with Crippen LogP contribution < -0.4 is 0 Å². The first-order valence-electron chi connectivity index (χ1n) is 2.84. The fraction of sp³-hybridized carbons (Fsp3) is 0.667. The second-order valence-corrected chi connectivity index (χ2v) is 3.28. The Bertz CT molecular complexity index is 109. The summed E-state index contributed by atoms with van der Waals surface area (Å²) < 4.78 is 1.12. The first-order chi connectivity index (χ1) is 3.80. The van der Waals surface area contributed by atoms with Crippen molar-refractivity contribution >= 4 is 22.6 Å². The predicted molar refractivity (Wildman–Crippen MR) is 42.0 cm³/mol. The number of rotatable bonds is 0. The van der Waals surface area contributed by atoms with E-state index in [4.69, 9.17) is 5.11 Å². The van der Waals surface area contributed by atoms with Gasteiger partial charge in [0.2, 0.25) is 0 Å². The average Bonchev–Trinajstić information content (AvgIpc) is 1.77. The minimum absolute atomic E-state index is 0.149. The highest BCUT2D eigenvalue weighted by Gasteiger charge is 2.10. The zero-order chi connectivity index (χ0) is 5.98. The molecule has 0 aromatic rings. The number of halogens is 1. The molecule has 1 aliphatic carbocycles. The van der Waals surface area contributed by atoms with Crippen LogP contribution in [-0.4, -0.2) is 11.2 Å². The van der Waals surface area contributed by atoms with Crippen LogP contribution in [0.15, 0.2) is 9.66 Å². The molecule has 0 aromatic carbocycles. The fourth-order valence-corrected chi connectivity index (χ4v) is 1.45. The van der Waals surface area contributed by atoms with Crippen molar-refractivity contribution < 1.29 is 5.11 Å². The molecule has 0 saturated carbocycles. The molecule has 8 heavy (non-hydrogen) atoms. The largest absolute Gasteiger partial charge is 0.388 e. The Kier molecular flexibility index (Phi) is 2.31. The van der Waals surface area contributed by atoms with E-state index in [-0.39, 0.29) is 6.10 Å². The van der Waals surface area contributed by atoms with Crippen LogP contribution in [-0.2, 0) is 0 Å². The van der Waals surface area contributed by atoms with Gasteiger partial charge >= 0.3 is 0 Å². The fourth-order valence-electron chi connectivity index (χ4n) is 0.825. The van der Waals surface area contributed by atoms with Crippen molar-refractivity contribution in [2.45, 2.75) is 25.4 Å². The molecule has 0 aliphatic heterocycles. The SMILES string of the molecule is OC1CCCC=C1I. The first-order valence-corrected chi connectivity index (χ1v) is 3.92. The minimum Gasteiger partial charge on any atom is -0.388 e. The average molecular weight is 224 g/mol. The molecule has 0 fully saturated rings. The summed E-state index contributed by atoms with van der Waals surface area (Å²) in [5.41, 5.74) is 0. The molecular weight excluding hydrogens is 215 g/mol. The number of hydrogen-bond acceptors (Lipinski definition) is 1. The molecule has 0 aromatic heterocycles. The summed E-state index contributed by atoms with van der Waals surface area (Å²) in [6.45, 7) is 0. The molecule has 0 spiro atoms. The predicted octanol–water partition coefficient (Wildman–Crippen LogP) is 1.85. The van der Waals surface area contributed by atoms with Crippen LogP contribution in [0.1, 0.15) is 19.3 Å². The van der Waals surface area contributed by atoms with Crippen LogP contribution in [0.5, 0.6) is 0 Å². The van der Waals surface area contributed by atoms with E-state index in [9.17, 15) is 0 Å². The smallest absolute Gasteiger partial charge is 0.0843 e. The summed E-state index contributed by atoms with van der Waals surface area (Å²) in [5.74, 6) is 0. The number of aliphatic hydroxyl groups is 1. The molecule has 0 heterocycles. The summed E-state index contributed by atoms with van der Waals surface area (Å²) in [7, 11) is 0. The Morgan fingerprint density at radius 1 is 1.75 bits per heavy atom. The van der Waals surface area contributed by atoms with Gasteiger partial charge in [-0.15, -0.1) is 0 Å². The second-order valence-electron chi connectivity index (χ2n) is 2.04. The lowest BCUT2D eigenvalue weighted by molar-refractivity contribution is 0.202. The molecular formula is C6H9IO. The first kappa shape index (κ1) is 6.55. The second kappa shape index (κ2) is 2.82. The number of aliphatic hydroxyl groups excluding tert-OH is 1. The molecule has 2 heteroatoms. The molecule has 0 amide bonds. The van der Waals surface area contributed by atoms with Crippen molar-refractivity contribution in [1.29, 1.82) is 0 Å². The van der Waals surface area contributed by atoms with Gasteiger partial charge in [0, 0.05) is 3.58 Å². The van der Waals surface area contributed by atoms with E-state index in [1.807, 2.05) is 0 Å². The van der Waals surface area contributed by atoms with E-state index in [1.165, 1.54) is 0 Å². The van der Waals surface area contributed by atoms with E-state index in [0.29, 0.717) is 0 Å². The van der Waals surface area contributed by atoms with Gasteiger partial charge in [-0.25, -0.2) is 0 Å². The molecule has 1 aliphatic rings. The molecule has 1 N–H and O–H groups in total. The van der Waals surface area contributed by atoms with Crippen LogP contribution in [0.25, 0.3) is 0 Å². The van der Waals surface area contributed by atoms with E-state index in [2.05, 4.69) is 28.7 Å². The Morgan fingerprint density at radius 2 is 2.50 bits per heavy atom. The van der Waals surface area contributed by atoms with Crippen LogP contribution >= 0.6 is 22.6 Å². The lowest BCUT2D eigenvalue weighted by Gasteiger charge is -2.13. The summed E-state index contributed by atoms with van der Waals surface area (Å²) in [4.78, 5) is 0. The third kappa shape index (κ3) is 1.45. The zero-order valence-corrected chi connectivity index (χ0v) is 6.76. The maximum absolute atomic E-state index is 9.10. The molecule has 1 rings (SSSR count). The number of hydrogen-bond donors (Lipinski definition) is 1. The molecule has 0 bridgehead atoms. The standard InChI is InChI=1S/C6H9IO/c7-5-3-1-2-4-6(5)8/h3,6,8H,1-2,4H2. The van der Waals surface area contributed by atoms with E-state index in [0.717, 1.165) is 22.8 Å². The van der Waals surface area contributed by atoms with Crippen LogP contribution in [0.2, 0.25) is 0 Å². The Balaban J connectivity index is 2.53. The van der Waals surface area contributed by atoms with Crippen molar-refractivity contribution in [2.75, 3.05) is 0 Å². The normalized spacial score (nSPS) is 29.8. The third-order valence-corrected chi connectivity index (χ3v) is 2.50. The van der Waals surface area contributed by atoms with Gasteiger partial charge in [-0.1, -0.05) is 6.08 Å². The minimum atomic E-state index is -0.149. The van der Waals surface area contributed by atoms with Crippen LogP contribution in [0.4, 0.5) is 0 Å². The Hall–Kier alpha value is 0.430. The van der Waals surface area contributed by atoms with Gasteiger partial charge < -0.3 is 5.11 Å². The molecule has 46 valence electrons. The molecule has 1 nitrogen and oxygen atoms in total. The maximum atomic E-state index is 9.10. The van der Waals surface area contributed by atoms with Crippen molar-refractivity contribution in [2.24, 2.45) is 0 Å². The summed E-state index contributed by atoms with van der Waals surface area (Å²) in [6.07, 6.45) is 5.20. The van der Waals surface area contributed by atoms with E-state index >= 15 is 0 Å². The summed E-state index contributed by atoms with van der Waals surface area (Å²) in [5, 5.41) is 9.10. The van der Waals surface area contributed by atoms with E-state index < -0.39 is 0 Å². The van der Waals surface area contributed by atoms with Crippen molar-refractivity contribution in [1.82, 2.24) is 0 Å². The molecule has 0 saturated heterocycles. The highest BCUT2D eigenvalue weighted by molar-refractivity contribution is 14.1. The molecule has 1 atom stereocenters. The van der Waals surface area contributed by atoms with Crippen molar-refractivity contribution in [3.8, 4) is 0 Å². The number of allylic oxidation sites excluding steroid dienone is 1. The highest BCUT2D eigenvalue weighted by Crippen LogP contribution is 2.22. The quantitative estimate of drug-likeness (QED) is 0.622. The van der Waals surface area contributed by atoms with Crippen molar-refractivity contribution in [3.63, 3.8) is 0 Å². The topological polar surface area (TPSA) is 20.2 Å². The maximum Gasteiger partial charge on any atom is 0.0843 e. The van der Waals surface area contributed by atoms with Crippen LogP contribution in [0.3, 0.4) is 0 Å². The van der Waals surface area contributed by atoms with Gasteiger partial charge in [-0.05, 0) is 41.9 Å². The van der Waals surface area contributed by atoms with Gasteiger partial charge in [0.15, 0.2) is 0 Å². The lowest BCUT2D eigenvalue weighted by Crippen LogP contribution is -2.08. The summed E-state index contributed by atoms with van der Waals surface area (Å²) in [6, 6.07) is 0. The third-order valence-electron chi connectivity index (χ3n) is 1.34. The highest BCUT2D eigenvalue weighted by atomic mass is 127. The summed E-state index contributed by atoms with van der Waals surface area (Å²) >= 11 is 2.19. The molecule has 0 radical (unpaired) electrons. The van der Waals surface area contributed by atoms with Gasteiger partial charge in [0.1, 0.15) is 0 Å². The van der Waals surface area contributed by atoms with Gasteiger partial charge in [0.25, 0.3) is 0 Å². The van der Waals surface area contributed by atoms with Crippen LogP contribution in [0, 0.1) is 0 Å². The lowest BCUT2D eigenvalue weighted by atomic mass is 10.1.